The summed E-state index contributed by atoms with van der Waals surface area (Å²) >= 11 is 0. The summed E-state index contributed by atoms with van der Waals surface area (Å²) in [4.78, 5) is 18.3. The summed E-state index contributed by atoms with van der Waals surface area (Å²) < 4.78 is 5.73. The van der Waals surface area contributed by atoms with Crippen LogP contribution in [0.2, 0.25) is 0 Å². The fourth-order valence-corrected chi connectivity index (χ4v) is 3.92. The van der Waals surface area contributed by atoms with Gasteiger partial charge in [-0.25, -0.2) is 0 Å². The molecule has 1 heterocycles. The van der Waals surface area contributed by atoms with E-state index in [4.69, 9.17) is 4.74 Å². The Hall–Kier alpha value is -3.54. The first-order chi connectivity index (χ1) is 17.5. The average Bonchev–Trinajstić information content (AvgIpc) is 3.56. The van der Waals surface area contributed by atoms with Crippen molar-refractivity contribution in [3.63, 3.8) is 0 Å². The first-order valence-electron chi connectivity index (χ1n) is 12.8. The highest BCUT2D eigenvalue weighted by atomic mass is 16.5. The normalized spacial score (nSPS) is 16.3. The maximum Gasteiger partial charge on any atom is 0.224 e. The molecule has 0 bridgehead atoms. The minimum Gasteiger partial charge on any atom is -0.508 e. The van der Waals surface area contributed by atoms with E-state index in [9.17, 15) is 9.90 Å². The van der Waals surface area contributed by atoms with Gasteiger partial charge < -0.3 is 20.1 Å². The second-order valence-electron chi connectivity index (χ2n) is 9.32. The Morgan fingerprint density at radius 3 is 2.42 bits per heavy atom. The number of allylic oxidation sites excluding steroid dienone is 1. The highest BCUT2D eigenvalue weighted by molar-refractivity contribution is 5.89. The van der Waals surface area contributed by atoms with Gasteiger partial charge in [0.2, 0.25) is 5.91 Å². The standard InChI is InChI=1S/C16H20N2O2.C14H19NO/c1-4-13(11-17-5-2)10-16(20)18-12(3)14-6-8-15(19)9-7-14;1-2-10-15(9-1)13-5-7-14(8-6-13)16-11-12-3-4-12/h4-9,11-12,19H,2,10H2,1,3H3,(H,18,20);5-8,12H,1-4,9-11H2/b13-4-,17-11?;. The molecule has 192 valence electrons. The van der Waals surface area contributed by atoms with Crippen LogP contribution in [0, 0.1) is 5.92 Å². The number of carbonyl (C=O) groups is 1. The summed E-state index contributed by atoms with van der Waals surface area (Å²) in [6.07, 6.45) is 10.5. The van der Waals surface area contributed by atoms with E-state index >= 15 is 0 Å². The molecule has 2 fully saturated rings. The lowest BCUT2D eigenvalue weighted by molar-refractivity contribution is -0.121. The van der Waals surface area contributed by atoms with Crippen molar-refractivity contribution in [1.82, 2.24) is 5.32 Å². The molecule has 6 nitrogen and oxygen atoms in total. The molecule has 36 heavy (non-hydrogen) atoms. The smallest absolute Gasteiger partial charge is 0.224 e. The molecule has 4 rings (SSSR count). The van der Waals surface area contributed by atoms with E-state index in [0.29, 0.717) is 0 Å². The second kappa shape index (κ2) is 14.1. The minimum atomic E-state index is -0.113. The van der Waals surface area contributed by atoms with E-state index in [1.165, 1.54) is 50.7 Å². The molecule has 1 amide bonds. The monoisotopic (exact) mass is 489 g/mol. The van der Waals surface area contributed by atoms with Crippen LogP contribution < -0.4 is 15.0 Å². The number of aliphatic imine (C=N–C) groups is 1. The molecule has 0 spiro atoms. The van der Waals surface area contributed by atoms with E-state index in [0.717, 1.165) is 29.4 Å². The van der Waals surface area contributed by atoms with Crippen LogP contribution in [0.25, 0.3) is 0 Å². The molecule has 2 aromatic carbocycles. The number of nitrogens with zero attached hydrogens (tertiary/aromatic N) is 2. The molecule has 0 aromatic heterocycles. The van der Waals surface area contributed by atoms with Gasteiger partial charge in [0, 0.05) is 31.2 Å². The Morgan fingerprint density at radius 2 is 1.83 bits per heavy atom. The van der Waals surface area contributed by atoms with Crippen LogP contribution in [-0.2, 0) is 4.79 Å². The van der Waals surface area contributed by atoms with Crippen LogP contribution in [0.1, 0.15) is 57.6 Å². The molecular formula is C30H39N3O3. The van der Waals surface area contributed by atoms with E-state index in [2.05, 4.69) is 46.1 Å². The maximum atomic E-state index is 11.9. The summed E-state index contributed by atoms with van der Waals surface area (Å²) in [5, 5.41) is 12.1. The molecule has 2 aromatic rings. The fourth-order valence-electron chi connectivity index (χ4n) is 3.92. The zero-order valence-electron chi connectivity index (χ0n) is 21.5. The van der Waals surface area contributed by atoms with E-state index in [1.807, 2.05) is 19.9 Å². The topological polar surface area (TPSA) is 74.2 Å². The van der Waals surface area contributed by atoms with Gasteiger partial charge in [-0.2, -0.15) is 0 Å². The van der Waals surface area contributed by atoms with Gasteiger partial charge in [0.25, 0.3) is 0 Å². The van der Waals surface area contributed by atoms with Crippen molar-refractivity contribution in [3.05, 3.63) is 78.5 Å². The lowest BCUT2D eigenvalue weighted by Crippen LogP contribution is -2.26. The lowest BCUT2D eigenvalue weighted by Gasteiger charge is -2.17. The zero-order chi connectivity index (χ0) is 25.8. The van der Waals surface area contributed by atoms with Crippen LogP contribution in [0.4, 0.5) is 5.69 Å². The van der Waals surface area contributed by atoms with Crippen LogP contribution in [0.3, 0.4) is 0 Å². The largest absolute Gasteiger partial charge is 0.508 e. The Kier molecular flexibility index (Phi) is 10.6. The number of hydrogen-bond acceptors (Lipinski definition) is 5. The van der Waals surface area contributed by atoms with Gasteiger partial charge in [0.1, 0.15) is 11.5 Å². The lowest BCUT2D eigenvalue weighted by atomic mass is 10.1. The quantitative estimate of drug-likeness (QED) is 0.390. The highest BCUT2D eigenvalue weighted by Crippen LogP contribution is 2.30. The van der Waals surface area contributed by atoms with E-state index < -0.39 is 0 Å². The van der Waals surface area contributed by atoms with Crippen LogP contribution in [0.5, 0.6) is 11.5 Å². The average molecular weight is 490 g/mol. The summed E-state index contributed by atoms with van der Waals surface area (Å²) in [5.74, 6) is 1.99. The van der Waals surface area contributed by atoms with Crippen LogP contribution in [-0.4, -0.2) is 36.9 Å². The first-order valence-corrected chi connectivity index (χ1v) is 12.8. The van der Waals surface area contributed by atoms with Gasteiger partial charge in [0.05, 0.1) is 19.1 Å². The number of aromatic hydroxyl groups is 1. The maximum absolute atomic E-state index is 11.9. The van der Waals surface area contributed by atoms with Crippen molar-refractivity contribution in [1.29, 1.82) is 0 Å². The number of hydrogen-bond donors (Lipinski definition) is 2. The Balaban J connectivity index is 0.000000204. The fraction of sp³-hybridized carbons (Fsp3) is 0.400. The Labute approximate surface area is 215 Å². The molecular weight excluding hydrogens is 450 g/mol. The van der Waals surface area contributed by atoms with Crippen molar-refractivity contribution < 1.29 is 14.6 Å². The third-order valence-corrected chi connectivity index (χ3v) is 6.34. The van der Waals surface area contributed by atoms with Gasteiger partial charge in [-0.1, -0.05) is 24.8 Å². The molecule has 1 atom stereocenters. The molecule has 1 saturated carbocycles. The van der Waals surface area contributed by atoms with E-state index in [1.54, 1.807) is 30.5 Å². The summed E-state index contributed by atoms with van der Waals surface area (Å²) in [6.45, 7) is 10.6. The molecule has 2 N–H and O–H groups in total. The number of rotatable bonds is 10. The van der Waals surface area contributed by atoms with Crippen molar-refractivity contribution >= 4 is 17.8 Å². The van der Waals surface area contributed by atoms with Gasteiger partial charge in [-0.15, -0.1) is 0 Å². The van der Waals surface area contributed by atoms with Crippen molar-refractivity contribution in [3.8, 4) is 11.5 Å². The van der Waals surface area contributed by atoms with E-state index in [-0.39, 0.29) is 24.1 Å². The second-order valence-corrected chi connectivity index (χ2v) is 9.32. The van der Waals surface area contributed by atoms with Gasteiger partial charge in [0.15, 0.2) is 0 Å². The predicted molar refractivity (Wildman–Crippen MR) is 148 cm³/mol. The third kappa shape index (κ3) is 9.25. The van der Waals surface area contributed by atoms with Gasteiger partial charge >= 0.3 is 0 Å². The molecule has 1 aliphatic carbocycles. The van der Waals surface area contributed by atoms with Crippen LogP contribution in [0.15, 0.2) is 78.0 Å². The molecule has 0 radical (unpaired) electrons. The Morgan fingerprint density at radius 1 is 1.17 bits per heavy atom. The number of nitrogens with one attached hydrogen (secondary N) is 1. The predicted octanol–water partition coefficient (Wildman–Crippen LogP) is 6.20. The third-order valence-electron chi connectivity index (χ3n) is 6.34. The molecule has 1 saturated heterocycles. The number of amides is 1. The number of phenols is 1. The molecule has 1 unspecified atom stereocenters. The number of benzene rings is 2. The molecule has 1 aliphatic heterocycles. The SMILES string of the molecule is C=CN=C/C(=C\C)CC(=O)NC(C)c1ccc(O)cc1.c1cc(N2CCCC2)ccc1OCC1CC1. The minimum absolute atomic E-state index is 0.0748. The first kappa shape index (κ1) is 27.1. The van der Waals surface area contributed by atoms with Gasteiger partial charge in [-0.3, -0.25) is 9.79 Å². The van der Waals surface area contributed by atoms with Crippen molar-refractivity contribution in [2.45, 2.75) is 52.0 Å². The molecule has 6 heteroatoms. The number of carbonyl (C=O) groups excluding carboxylic acids is 1. The summed E-state index contributed by atoms with van der Waals surface area (Å²) in [6, 6.07) is 15.3. The number of ether oxygens (including phenoxy) is 1. The van der Waals surface area contributed by atoms with Crippen molar-refractivity contribution in [2.24, 2.45) is 10.9 Å². The summed E-state index contributed by atoms with van der Waals surface area (Å²) in [7, 11) is 0. The number of anilines is 1. The Bertz CT molecular complexity index is 1020. The van der Waals surface area contributed by atoms with Crippen LogP contribution >= 0.6 is 0 Å². The number of phenolic OH excluding ortho intramolecular Hbond substituents is 1. The highest BCUT2D eigenvalue weighted by Gasteiger charge is 2.22. The zero-order valence-corrected chi connectivity index (χ0v) is 21.5. The summed E-state index contributed by atoms with van der Waals surface area (Å²) in [5.41, 5.74) is 3.12. The van der Waals surface area contributed by atoms with Gasteiger partial charge in [-0.05, 0) is 93.0 Å². The molecule has 2 aliphatic rings. The van der Waals surface area contributed by atoms with Crippen molar-refractivity contribution in [2.75, 3.05) is 24.6 Å².